The van der Waals surface area contributed by atoms with E-state index in [1.54, 1.807) is 11.0 Å². The van der Waals surface area contributed by atoms with Crippen molar-refractivity contribution < 1.29 is 19.3 Å². The number of nitro benzene ring substituents is 1. The van der Waals surface area contributed by atoms with Gasteiger partial charge < -0.3 is 4.90 Å². The zero-order valence-corrected chi connectivity index (χ0v) is 18.5. The molecule has 1 saturated heterocycles. The third kappa shape index (κ3) is 4.40. The molecule has 10 heteroatoms. The van der Waals surface area contributed by atoms with Crippen LogP contribution in [0, 0.1) is 10.1 Å². The molecule has 0 unspecified atom stereocenters. The van der Waals surface area contributed by atoms with E-state index in [4.69, 9.17) is 0 Å². The smallest absolute Gasteiger partial charge is 0.294 e. The zero-order chi connectivity index (χ0) is 22.1. The highest BCUT2D eigenvalue weighted by Gasteiger charge is 2.37. The van der Waals surface area contributed by atoms with Crippen LogP contribution in [0.4, 0.5) is 10.5 Å². The molecule has 0 radical (unpaired) electrons. The number of imide groups is 1. The van der Waals surface area contributed by atoms with Crippen LogP contribution in [0.15, 0.2) is 51.8 Å². The van der Waals surface area contributed by atoms with Gasteiger partial charge in [0.1, 0.15) is 6.54 Å². The number of thioether (sulfide) groups is 1. The standard InChI is InChI=1S/C21H16BrN3O5S/c22-16-6-5-13(9-17(16)25(29)30)10-18-20(27)24(21(28)31-18)12-19(26)23-8-7-14-3-1-2-4-15(14)11-23/h1-6,9-10H,7-8,11-12H2/b18-10-. The number of amides is 3. The first-order valence-corrected chi connectivity index (χ1v) is 11.0. The molecule has 2 aliphatic heterocycles. The highest BCUT2D eigenvalue weighted by molar-refractivity contribution is 9.10. The van der Waals surface area contributed by atoms with Crippen LogP contribution in [-0.4, -0.2) is 44.9 Å². The first-order chi connectivity index (χ1) is 14.8. The summed E-state index contributed by atoms with van der Waals surface area (Å²) in [7, 11) is 0. The first kappa shape index (κ1) is 21.3. The number of carbonyl (C=O) groups excluding carboxylic acids is 3. The van der Waals surface area contributed by atoms with Crippen LogP contribution in [-0.2, 0) is 22.6 Å². The molecule has 2 aromatic rings. The summed E-state index contributed by atoms with van der Waals surface area (Å²) in [6.07, 6.45) is 2.15. The molecule has 0 N–H and O–H groups in total. The van der Waals surface area contributed by atoms with Crippen LogP contribution in [0.5, 0.6) is 0 Å². The maximum Gasteiger partial charge on any atom is 0.294 e. The van der Waals surface area contributed by atoms with Gasteiger partial charge in [0.05, 0.1) is 14.3 Å². The van der Waals surface area contributed by atoms with E-state index in [1.165, 1.54) is 23.8 Å². The molecule has 1 fully saturated rings. The lowest BCUT2D eigenvalue weighted by atomic mass is 10.00. The van der Waals surface area contributed by atoms with E-state index in [1.807, 2.05) is 24.3 Å². The lowest BCUT2D eigenvalue weighted by molar-refractivity contribution is -0.385. The number of hydrogen-bond acceptors (Lipinski definition) is 6. The fraction of sp³-hybridized carbons (Fsp3) is 0.190. The summed E-state index contributed by atoms with van der Waals surface area (Å²) in [4.78, 5) is 51.1. The van der Waals surface area contributed by atoms with Gasteiger partial charge in [0, 0.05) is 19.2 Å². The number of hydrogen-bond donors (Lipinski definition) is 0. The van der Waals surface area contributed by atoms with Crippen molar-refractivity contribution in [2.45, 2.75) is 13.0 Å². The topological polar surface area (TPSA) is 101 Å². The van der Waals surface area contributed by atoms with E-state index in [2.05, 4.69) is 15.9 Å². The number of halogens is 1. The van der Waals surface area contributed by atoms with Gasteiger partial charge in [0.2, 0.25) is 5.91 Å². The highest BCUT2D eigenvalue weighted by Crippen LogP contribution is 2.34. The highest BCUT2D eigenvalue weighted by atomic mass is 79.9. The summed E-state index contributed by atoms with van der Waals surface area (Å²) >= 11 is 3.83. The number of carbonyl (C=O) groups is 3. The predicted molar refractivity (Wildman–Crippen MR) is 119 cm³/mol. The molecule has 0 aliphatic carbocycles. The molecule has 0 aromatic heterocycles. The maximum absolute atomic E-state index is 12.7. The lowest BCUT2D eigenvalue weighted by Crippen LogP contribution is -2.44. The Morgan fingerprint density at radius 2 is 1.94 bits per heavy atom. The lowest BCUT2D eigenvalue weighted by Gasteiger charge is -2.29. The van der Waals surface area contributed by atoms with Crippen LogP contribution in [0.25, 0.3) is 6.08 Å². The molecule has 2 heterocycles. The Morgan fingerprint density at radius 1 is 1.19 bits per heavy atom. The first-order valence-electron chi connectivity index (χ1n) is 9.37. The van der Waals surface area contributed by atoms with Gasteiger partial charge in [0.25, 0.3) is 16.8 Å². The molecular formula is C21H16BrN3O5S. The molecule has 0 saturated carbocycles. The molecule has 0 spiro atoms. The second-order valence-corrected chi connectivity index (χ2v) is 8.92. The summed E-state index contributed by atoms with van der Waals surface area (Å²) in [5.74, 6) is -0.872. The Kier molecular flexibility index (Phi) is 5.92. The van der Waals surface area contributed by atoms with Crippen LogP contribution >= 0.6 is 27.7 Å². The molecule has 4 rings (SSSR count). The van der Waals surface area contributed by atoms with Crippen molar-refractivity contribution in [1.82, 2.24) is 9.80 Å². The summed E-state index contributed by atoms with van der Waals surface area (Å²) in [5.41, 5.74) is 2.53. The summed E-state index contributed by atoms with van der Waals surface area (Å²) < 4.78 is 0.316. The van der Waals surface area contributed by atoms with Crippen LogP contribution in [0.2, 0.25) is 0 Å². The van der Waals surface area contributed by atoms with Gasteiger partial charge in [0.15, 0.2) is 0 Å². The van der Waals surface area contributed by atoms with Crippen molar-refractivity contribution >= 4 is 56.5 Å². The van der Waals surface area contributed by atoms with Crippen molar-refractivity contribution in [2.75, 3.05) is 13.1 Å². The third-order valence-corrected chi connectivity index (χ3v) is 6.69. The van der Waals surface area contributed by atoms with Gasteiger partial charge >= 0.3 is 0 Å². The fourth-order valence-corrected chi connectivity index (χ4v) is 4.72. The van der Waals surface area contributed by atoms with Crippen molar-refractivity contribution in [3.05, 3.63) is 78.6 Å². The van der Waals surface area contributed by atoms with E-state index in [9.17, 15) is 24.5 Å². The quantitative estimate of drug-likeness (QED) is 0.356. The third-order valence-electron chi connectivity index (χ3n) is 5.11. The summed E-state index contributed by atoms with van der Waals surface area (Å²) in [6, 6.07) is 12.3. The zero-order valence-electron chi connectivity index (χ0n) is 16.1. The van der Waals surface area contributed by atoms with Gasteiger partial charge in [-0.15, -0.1) is 0 Å². The number of benzene rings is 2. The number of fused-ring (bicyclic) bond motifs is 1. The number of nitrogens with zero attached hydrogens (tertiary/aromatic N) is 3. The van der Waals surface area contributed by atoms with E-state index in [0.717, 1.165) is 28.6 Å². The van der Waals surface area contributed by atoms with Crippen molar-refractivity contribution in [3.63, 3.8) is 0 Å². The van der Waals surface area contributed by atoms with Gasteiger partial charge in [-0.1, -0.05) is 30.3 Å². The SMILES string of the molecule is O=C(CN1C(=O)S/C(=C\c2ccc(Br)c([N+](=O)[O-])c2)C1=O)N1CCc2ccccc2C1. The molecule has 0 bridgehead atoms. The van der Waals surface area contributed by atoms with Gasteiger partial charge in [-0.05, 0) is 62.9 Å². The maximum atomic E-state index is 12.7. The van der Waals surface area contributed by atoms with E-state index < -0.39 is 16.1 Å². The second kappa shape index (κ2) is 8.64. The van der Waals surface area contributed by atoms with Crippen LogP contribution < -0.4 is 0 Å². The average molecular weight is 502 g/mol. The Balaban J connectivity index is 1.48. The summed E-state index contributed by atoms with van der Waals surface area (Å²) in [5, 5.41) is 10.6. The monoisotopic (exact) mass is 501 g/mol. The number of rotatable bonds is 4. The average Bonchev–Trinajstić information content (AvgIpc) is 3.01. The molecule has 0 atom stereocenters. The molecule has 2 aromatic carbocycles. The Hall–Kier alpha value is -2.98. The second-order valence-electron chi connectivity index (χ2n) is 7.07. The Labute approximate surface area is 190 Å². The number of nitro groups is 1. The van der Waals surface area contributed by atoms with Gasteiger partial charge in [-0.3, -0.25) is 29.4 Å². The normalized spacial score (nSPS) is 17.3. The molecule has 2 aliphatic rings. The van der Waals surface area contributed by atoms with Gasteiger partial charge in [-0.25, -0.2) is 0 Å². The van der Waals surface area contributed by atoms with E-state index in [-0.39, 0.29) is 23.0 Å². The minimum absolute atomic E-state index is 0.124. The predicted octanol–water partition coefficient (Wildman–Crippen LogP) is 3.98. The largest absolute Gasteiger partial charge is 0.336 e. The minimum atomic E-state index is -0.577. The van der Waals surface area contributed by atoms with E-state index >= 15 is 0 Å². The minimum Gasteiger partial charge on any atom is -0.336 e. The van der Waals surface area contributed by atoms with Gasteiger partial charge in [-0.2, -0.15) is 0 Å². The molecule has 8 nitrogen and oxygen atoms in total. The fourth-order valence-electron chi connectivity index (χ4n) is 3.49. The molecule has 158 valence electrons. The van der Waals surface area contributed by atoms with Crippen LogP contribution in [0.1, 0.15) is 16.7 Å². The van der Waals surface area contributed by atoms with Crippen molar-refractivity contribution in [1.29, 1.82) is 0 Å². The Bertz CT molecular complexity index is 1150. The van der Waals surface area contributed by atoms with Crippen molar-refractivity contribution in [3.8, 4) is 0 Å². The Morgan fingerprint density at radius 3 is 2.68 bits per heavy atom. The molecule has 31 heavy (non-hydrogen) atoms. The molecular weight excluding hydrogens is 486 g/mol. The van der Waals surface area contributed by atoms with E-state index in [0.29, 0.717) is 23.1 Å². The molecule has 3 amide bonds. The van der Waals surface area contributed by atoms with Crippen LogP contribution in [0.3, 0.4) is 0 Å². The summed E-state index contributed by atoms with van der Waals surface area (Å²) in [6.45, 7) is 0.652. The van der Waals surface area contributed by atoms with Crippen molar-refractivity contribution in [2.24, 2.45) is 0 Å².